The Hall–Kier alpha value is -0.0300. The quantitative estimate of drug-likeness (QED) is 0.671. The fourth-order valence-electron chi connectivity index (χ4n) is 0.693. The topological polar surface area (TPSA) is 42.0 Å². The van der Waals surface area contributed by atoms with Crippen LogP contribution in [0.3, 0.4) is 0 Å². The van der Waals surface area contributed by atoms with Crippen LogP contribution in [0.1, 0.15) is 0 Å². The zero-order valence-corrected chi connectivity index (χ0v) is 10.5. The van der Waals surface area contributed by atoms with E-state index in [1.165, 1.54) is 6.07 Å². The first-order chi connectivity index (χ1) is 6.50. The summed E-state index contributed by atoms with van der Waals surface area (Å²) in [5.41, 5.74) is 0.367. The van der Waals surface area contributed by atoms with Crippen LogP contribution < -0.4 is 5.32 Å². The van der Waals surface area contributed by atoms with Crippen molar-refractivity contribution >= 4 is 62.3 Å². The molecule has 1 N–H and O–H groups in total. The molecule has 0 aromatic carbocycles. The Bertz CT molecular complexity index is 359. The Labute approximate surface area is 104 Å². The van der Waals surface area contributed by atoms with Gasteiger partial charge in [0.25, 0.3) is 5.91 Å². The number of halogens is 4. The van der Waals surface area contributed by atoms with Gasteiger partial charge in [-0.05, 0) is 12.1 Å². The van der Waals surface area contributed by atoms with E-state index in [4.69, 9.17) is 34.8 Å². The molecule has 0 aliphatic rings. The first kappa shape index (κ1) is 12.0. The summed E-state index contributed by atoms with van der Waals surface area (Å²) in [6, 6.07) is 3.06. The van der Waals surface area contributed by atoms with Gasteiger partial charge in [-0.2, -0.15) is 0 Å². The fraction of sp³-hybridized carbons (Fsp3) is 0.143. The molecule has 1 aromatic rings. The number of anilines is 1. The monoisotopic (exact) mass is 316 g/mol. The summed E-state index contributed by atoms with van der Waals surface area (Å²) in [5.74, 6) is -0.419. The number of aromatic nitrogens is 1. The number of carbonyl (C=O) groups excluding carboxylic acids is 1. The van der Waals surface area contributed by atoms with Crippen molar-refractivity contribution in [1.82, 2.24) is 4.98 Å². The van der Waals surface area contributed by atoms with E-state index in [0.717, 1.165) is 0 Å². The number of amides is 1. The maximum atomic E-state index is 11.1. The predicted molar refractivity (Wildman–Crippen MR) is 61.5 cm³/mol. The van der Waals surface area contributed by atoms with Crippen molar-refractivity contribution in [3.05, 3.63) is 22.4 Å². The van der Waals surface area contributed by atoms with E-state index in [-0.39, 0.29) is 10.3 Å². The first-order valence-electron chi connectivity index (χ1n) is 3.42. The molecule has 1 unspecified atom stereocenters. The average Bonchev–Trinajstić information content (AvgIpc) is 2.09. The molecule has 14 heavy (non-hydrogen) atoms. The van der Waals surface area contributed by atoms with Crippen molar-refractivity contribution in [2.75, 3.05) is 5.32 Å². The molecule has 1 aromatic heterocycles. The molecule has 0 aliphatic carbocycles. The van der Waals surface area contributed by atoms with Crippen LogP contribution in [0.15, 0.2) is 12.1 Å². The molecule has 0 fully saturated rings. The second kappa shape index (κ2) is 5.16. The molecule has 0 bridgehead atoms. The molecular weight excluding hydrogens is 314 g/mol. The highest BCUT2D eigenvalue weighted by molar-refractivity contribution is 9.10. The van der Waals surface area contributed by atoms with Crippen LogP contribution in [0.4, 0.5) is 5.69 Å². The van der Waals surface area contributed by atoms with Gasteiger partial charge in [0.15, 0.2) is 9.44 Å². The Morgan fingerprint density at radius 1 is 1.50 bits per heavy atom. The van der Waals surface area contributed by atoms with Crippen molar-refractivity contribution in [2.24, 2.45) is 0 Å². The number of carbonyl (C=O) groups is 1. The number of pyridine rings is 1. The summed E-state index contributed by atoms with van der Waals surface area (Å²) in [6.45, 7) is 0. The number of hydrogen-bond acceptors (Lipinski definition) is 2. The van der Waals surface area contributed by atoms with Crippen molar-refractivity contribution < 1.29 is 4.79 Å². The minimum Gasteiger partial charge on any atom is -0.321 e. The van der Waals surface area contributed by atoms with E-state index in [1.807, 2.05) is 0 Å². The second-order valence-corrected chi connectivity index (χ2v) is 4.89. The number of rotatable bonds is 2. The van der Waals surface area contributed by atoms with E-state index >= 15 is 0 Å². The summed E-state index contributed by atoms with van der Waals surface area (Å²) < 4.78 is -0.811. The highest BCUT2D eigenvalue weighted by atomic mass is 79.9. The number of hydrogen-bond donors (Lipinski definition) is 1. The zero-order valence-electron chi connectivity index (χ0n) is 6.60. The average molecular weight is 318 g/mol. The highest BCUT2D eigenvalue weighted by Crippen LogP contribution is 2.22. The third kappa shape index (κ3) is 3.28. The van der Waals surface area contributed by atoms with Crippen LogP contribution >= 0.6 is 50.7 Å². The van der Waals surface area contributed by atoms with Gasteiger partial charge in [-0.15, -0.1) is 0 Å². The molecule has 0 saturated heterocycles. The van der Waals surface area contributed by atoms with Gasteiger partial charge < -0.3 is 5.32 Å². The lowest BCUT2D eigenvalue weighted by molar-refractivity contribution is -0.114. The van der Waals surface area contributed by atoms with Crippen molar-refractivity contribution in [3.63, 3.8) is 0 Å². The van der Waals surface area contributed by atoms with Gasteiger partial charge in [0.1, 0.15) is 5.15 Å². The molecule has 0 spiro atoms. The number of nitrogens with zero attached hydrogens (tertiary/aromatic N) is 1. The third-order valence-corrected chi connectivity index (χ3v) is 2.38. The van der Waals surface area contributed by atoms with Gasteiger partial charge in [0, 0.05) is 0 Å². The maximum Gasteiger partial charge on any atom is 0.253 e. The largest absolute Gasteiger partial charge is 0.321 e. The molecule has 0 radical (unpaired) electrons. The van der Waals surface area contributed by atoms with E-state index in [0.29, 0.717) is 5.69 Å². The molecule has 0 aliphatic heterocycles. The predicted octanol–water partition coefficient (Wildman–Crippen LogP) is 3.29. The molecule has 3 nitrogen and oxygen atoms in total. The van der Waals surface area contributed by atoms with Gasteiger partial charge >= 0.3 is 0 Å². The first-order valence-corrected chi connectivity index (χ1v) is 5.52. The van der Waals surface area contributed by atoms with E-state index in [9.17, 15) is 4.79 Å². The summed E-state index contributed by atoms with van der Waals surface area (Å²) in [4.78, 5) is 14.9. The Morgan fingerprint density at radius 2 is 2.14 bits per heavy atom. The molecule has 76 valence electrons. The number of nitrogens with one attached hydrogen (secondary N) is 1. The SMILES string of the molecule is O=C(Nc1ccc(Cl)nc1Cl)C(Cl)Br. The Morgan fingerprint density at radius 3 is 2.64 bits per heavy atom. The van der Waals surface area contributed by atoms with E-state index in [1.54, 1.807) is 6.07 Å². The molecule has 7 heteroatoms. The summed E-state index contributed by atoms with van der Waals surface area (Å²) in [5, 5.41) is 2.85. The molecule has 1 atom stereocenters. The van der Waals surface area contributed by atoms with Crippen LogP contribution in [0.25, 0.3) is 0 Å². The van der Waals surface area contributed by atoms with Crippen molar-refractivity contribution in [2.45, 2.75) is 4.29 Å². The Kier molecular flexibility index (Phi) is 4.44. The molecule has 1 heterocycles. The molecule has 1 rings (SSSR count). The maximum absolute atomic E-state index is 11.1. The van der Waals surface area contributed by atoms with Crippen molar-refractivity contribution in [3.8, 4) is 0 Å². The fourth-order valence-corrected chi connectivity index (χ4v) is 1.25. The van der Waals surface area contributed by atoms with Crippen molar-refractivity contribution in [1.29, 1.82) is 0 Å². The smallest absolute Gasteiger partial charge is 0.253 e. The van der Waals surface area contributed by atoms with Gasteiger partial charge in [0.05, 0.1) is 5.69 Å². The normalized spacial score (nSPS) is 12.3. The standard InChI is InChI=1S/C7H4BrCl3N2O/c8-5(10)7(14)12-3-1-2-4(9)13-6(3)11/h1-2,5H,(H,12,14). The molecular formula is C7H4BrCl3N2O. The van der Waals surface area contributed by atoms with E-state index < -0.39 is 10.2 Å². The van der Waals surface area contributed by atoms with Crippen LogP contribution in [-0.2, 0) is 4.79 Å². The minimum atomic E-state index is -0.811. The van der Waals surface area contributed by atoms with Gasteiger partial charge in [-0.1, -0.05) is 50.7 Å². The van der Waals surface area contributed by atoms with Gasteiger partial charge in [-0.3, -0.25) is 4.79 Å². The van der Waals surface area contributed by atoms with Gasteiger partial charge in [-0.25, -0.2) is 4.98 Å². The third-order valence-electron chi connectivity index (χ3n) is 1.27. The van der Waals surface area contributed by atoms with Crippen LogP contribution in [0.5, 0.6) is 0 Å². The number of alkyl halides is 2. The zero-order chi connectivity index (χ0) is 10.7. The second-order valence-electron chi connectivity index (χ2n) is 2.26. The summed E-state index contributed by atoms with van der Waals surface area (Å²) in [6.07, 6.45) is 0. The molecule has 0 saturated carbocycles. The van der Waals surface area contributed by atoms with Crippen LogP contribution in [0.2, 0.25) is 10.3 Å². The lowest BCUT2D eigenvalue weighted by Gasteiger charge is -2.06. The lowest BCUT2D eigenvalue weighted by Crippen LogP contribution is -2.18. The van der Waals surface area contributed by atoms with Gasteiger partial charge in [0.2, 0.25) is 0 Å². The molecule has 1 amide bonds. The lowest BCUT2D eigenvalue weighted by atomic mass is 10.4. The minimum absolute atomic E-state index is 0.121. The summed E-state index contributed by atoms with van der Waals surface area (Å²) in [7, 11) is 0. The highest BCUT2D eigenvalue weighted by Gasteiger charge is 2.13. The van der Waals surface area contributed by atoms with Crippen LogP contribution in [0, 0.1) is 0 Å². The summed E-state index contributed by atoms with van der Waals surface area (Å²) >= 11 is 19.7. The Balaban J connectivity index is 2.82. The van der Waals surface area contributed by atoms with E-state index in [2.05, 4.69) is 26.2 Å². The van der Waals surface area contributed by atoms with Crippen LogP contribution in [-0.4, -0.2) is 15.2 Å².